The number of fused-ring (bicyclic) bond motifs is 1. The first-order valence-corrected chi connectivity index (χ1v) is 10.7. The summed E-state index contributed by atoms with van der Waals surface area (Å²) in [6, 6.07) is 5.15. The van der Waals surface area contributed by atoms with Gasteiger partial charge in [0.25, 0.3) is 0 Å². The van der Waals surface area contributed by atoms with Gasteiger partial charge in [-0.1, -0.05) is 13.8 Å². The zero-order valence-corrected chi connectivity index (χ0v) is 16.6. The maximum Gasteiger partial charge on any atom is 0.232 e. The van der Waals surface area contributed by atoms with Crippen molar-refractivity contribution in [2.75, 3.05) is 30.3 Å². The number of amides is 1. The Bertz CT molecular complexity index is 733. The third-order valence-corrected chi connectivity index (χ3v) is 5.56. The van der Waals surface area contributed by atoms with Gasteiger partial charge in [0.1, 0.15) is 13.2 Å². The molecule has 0 aromatic heterocycles. The van der Waals surface area contributed by atoms with Gasteiger partial charge in [0.05, 0.1) is 11.9 Å². The molecule has 1 N–H and O–H groups in total. The fraction of sp³-hybridized carbons (Fsp3) is 0.611. The topological polar surface area (TPSA) is 84.9 Å². The average Bonchev–Trinajstić information content (AvgIpc) is 2.57. The van der Waals surface area contributed by atoms with Crippen molar-refractivity contribution in [1.29, 1.82) is 0 Å². The average molecular weight is 384 g/mol. The highest BCUT2D eigenvalue weighted by Crippen LogP contribution is 2.34. The summed E-state index contributed by atoms with van der Waals surface area (Å²) in [4.78, 5) is 12.0. The van der Waals surface area contributed by atoms with Crippen molar-refractivity contribution in [3.63, 3.8) is 0 Å². The van der Waals surface area contributed by atoms with Gasteiger partial charge in [0, 0.05) is 25.1 Å². The summed E-state index contributed by atoms with van der Waals surface area (Å²) in [5.74, 6) is 1.42. The number of ether oxygens (including phenoxy) is 2. The number of carbonyl (C=O) groups excluding carboxylic acids is 1. The molecule has 1 heterocycles. The van der Waals surface area contributed by atoms with E-state index in [-0.39, 0.29) is 24.9 Å². The minimum atomic E-state index is -3.47. The van der Waals surface area contributed by atoms with Gasteiger partial charge < -0.3 is 14.8 Å². The van der Waals surface area contributed by atoms with E-state index >= 15 is 0 Å². The summed E-state index contributed by atoms with van der Waals surface area (Å²) < 4.78 is 36.7. The Labute approximate surface area is 155 Å². The lowest BCUT2D eigenvalue weighted by Gasteiger charge is -2.25. The SMILES string of the molecule is CC(C)[C@H](C)NC(=O)CCCN(c1ccc2c(c1)OCCO2)S(C)(=O)=O. The van der Waals surface area contributed by atoms with Gasteiger partial charge in [0.15, 0.2) is 11.5 Å². The number of sulfonamides is 1. The lowest BCUT2D eigenvalue weighted by atomic mass is 10.1. The van der Waals surface area contributed by atoms with Crippen molar-refractivity contribution in [2.45, 2.75) is 39.7 Å². The molecule has 0 bridgehead atoms. The highest BCUT2D eigenvalue weighted by Gasteiger charge is 2.21. The number of rotatable bonds is 8. The lowest BCUT2D eigenvalue weighted by Crippen LogP contribution is -2.37. The highest BCUT2D eigenvalue weighted by molar-refractivity contribution is 7.92. The maximum atomic E-state index is 12.2. The van der Waals surface area contributed by atoms with Crippen LogP contribution in [-0.2, 0) is 14.8 Å². The predicted molar refractivity (Wildman–Crippen MR) is 101 cm³/mol. The van der Waals surface area contributed by atoms with E-state index in [9.17, 15) is 13.2 Å². The third kappa shape index (κ3) is 5.52. The number of hydrogen-bond donors (Lipinski definition) is 1. The van der Waals surface area contributed by atoms with E-state index in [1.807, 2.05) is 20.8 Å². The van der Waals surface area contributed by atoms with Gasteiger partial charge in [-0.3, -0.25) is 9.10 Å². The first-order chi connectivity index (χ1) is 12.2. The zero-order chi connectivity index (χ0) is 19.3. The molecule has 2 rings (SSSR count). The molecule has 1 aromatic rings. The van der Waals surface area contributed by atoms with Crippen LogP contribution in [0.25, 0.3) is 0 Å². The molecule has 7 nitrogen and oxygen atoms in total. The fourth-order valence-electron chi connectivity index (χ4n) is 2.55. The number of carbonyl (C=O) groups is 1. The molecule has 1 aliphatic heterocycles. The van der Waals surface area contributed by atoms with Crippen molar-refractivity contribution < 1.29 is 22.7 Å². The van der Waals surface area contributed by atoms with Crippen molar-refractivity contribution in [3.05, 3.63) is 18.2 Å². The molecule has 1 aromatic carbocycles. The maximum absolute atomic E-state index is 12.2. The van der Waals surface area contributed by atoms with Crippen LogP contribution in [0.4, 0.5) is 5.69 Å². The fourth-order valence-corrected chi connectivity index (χ4v) is 3.51. The van der Waals surface area contributed by atoms with Gasteiger partial charge in [-0.25, -0.2) is 8.42 Å². The van der Waals surface area contributed by atoms with Crippen LogP contribution in [0.15, 0.2) is 18.2 Å². The first kappa shape index (κ1) is 20.4. The number of hydrogen-bond acceptors (Lipinski definition) is 5. The van der Waals surface area contributed by atoms with Gasteiger partial charge in [-0.15, -0.1) is 0 Å². The molecule has 1 amide bonds. The van der Waals surface area contributed by atoms with Gasteiger partial charge in [0.2, 0.25) is 15.9 Å². The minimum Gasteiger partial charge on any atom is -0.486 e. The molecule has 0 spiro atoms. The Morgan fingerprint density at radius 1 is 1.19 bits per heavy atom. The zero-order valence-electron chi connectivity index (χ0n) is 15.8. The van der Waals surface area contributed by atoms with E-state index in [0.29, 0.717) is 42.7 Å². The molecule has 0 saturated carbocycles. The Hall–Kier alpha value is -1.96. The van der Waals surface area contributed by atoms with Gasteiger partial charge in [-0.05, 0) is 31.4 Å². The molecule has 1 aliphatic rings. The molecular formula is C18H28N2O5S. The van der Waals surface area contributed by atoms with Crippen LogP contribution in [-0.4, -0.2) is 46.4 Å². The summed E-state index contributed by atoms with van der Waals surface area (Å²) in [7, 11) is -3.47. The Kier molecular flexibility index (Phi) is 6.75. The highest BCUT2D eigenvalue weighted by atomic mass is 32.2. The van der Waals surface area contributed by atoms with Crippen molar-refractivity contribution in [2.24, 2.45) is 5.92 Å². The second kappa shape index (κ2) is 8.62. The molecule has 146 valence electrons. The molecule has 0 saturated heterocycles. The molecule has 8 heteroatoms. The predicted octanol–water partition coefficient (Wildman–Crippen LogP) is 2.16. The number of nitrogens with zero attached hydrogens (tertiary/aromatic N) is 1. The number of anilines is 1. The standard InChI is InChI=1S/C18H28N2O5S/c1-13(2)14(3)19-18(21)6-5-9-20(26(4,22)23)15-7-8-16-17(12-15)25-11-10-24-16/h7-8,12-14H,5-6,9-11H2,1-4H3,(H,19,21)/t14-/m0/s1. The summed E-state index contributed by atoms with van der Waals surface area (Å²) in [5.41, 5.74) is 0.507. The normalized spacial score (nSPS) is 14.8. The van der Waals surface area contributed by atoms with Crippen molar-refractivity contribution >= 4 is 21.6 Å². The van der Waals surface area contributed by atoms with E-state index in [4.69, 9.17) is 9.47 Å². The molecule has 26 heavy (non-hydrogen) atoms. The summed E-state index contributed by atoms with van der Waals surface area (Å²) in [6.07, 6.45) is 1.86. The van der Waals surface area contributed by atoms with Crippen LogP contribution in [0.1, 0.15) is 33.6 Å². The molecule has 0 aliphatic carbocycles. The quantitative estimate of drug-likeness (QED) is 0.742. The minimum absolute atomic E-state index is 0.0678. The number of nitrogens with one attached hydrogen (secondary N) is 1. The second-order valence-corrected chi connectivity index (χ2v) is 8.77. The Morgan fingerprint density at radius 3 is 2.46 bits per heavy atom. The van der Waals surface area contributed by atoms with Crippen LogP contribution in [0, 0.1) is 5.92 Å². The molecule has 0 unspecified atom stereocenters. The third-order valence-electron chi connectivity index (χ3n) is 4.37. The van der Waals surface area contributed by atoms with Gasteiger partial charge >= 0.3 is 0 Å². The molecule has 1 atom stereocenters. The van der Waals surface area contributed by atoms with Crippen molar-refractivity contribution in [1.82, 2.24) is 5.32 Å². The smallest absolute Gasteiger partial charge is 0.232 e. The van der Waals surface area contributed by atoms with Crippen LogP contribution < -0.4 is 19.1 Å². The monoisotopic (exact) mass is 384 g/mol. The summed E-state index contributed by atoms with van der Waals surface area (Å²) in [6.45, 7) is 7.18. The summed E-state index contributed by atoms with van der Waals surface area (Å²) >= 11 is 0. The first-order valence-electron chi connectivity index (χ1n) is 8.85. The van der Waals surface area contributed by atoms with E-state index in [0.717, 1.165) is 6.26 Å². The summed E-state index contributed by atoms with van der Waals surface area (Å²) in [5, 5.41) is 2.93. The lowest BCUT2D eigenvalue weighted by molar-refractivity contribution is -0.122. The largest absolute Gasteiger partial charge is 0.486 e. The van der Waals surface area contributed by atoms with E-state index in [1.54, 1.807) is 18.2 Å². The van der Waals surface area contributed by atoms with Crippen LogP contribution in [0.3, 0.4) is 0 Å². The van der Waals surface area contributed by atoms with E-state index in [1.165, 1.54) is 4.31 Å². The van der Waals surface area contributed by atoms with E-state index < -0.39 is 10.0 Å². The Morgan fingerprint density at radius 2 is 1.85 bits per heavy atom. The molecule has 0 fully saturated rings. The molecular weight excluding hydrogens is 356 g/mol. The molecule has 0 radical (unpaired) electrons. The van der Waals surface area contributed by atoms with Crippen LogP contribution in [0.5, 0.6) is 11.5 Å². The van der Waals surface area contributed by atoms with Gasteiger partial charge in [-0.2, -0.15) is 0 Å². The van der Waals surface area contributed by atoms with Crippen LogP contribution >= 0.6 is 0 Å². The van der Waals surface area contributed by atoms with Crippen molar-refractivity contribution in [3.8, 4) is 11.5 Å². The van der Waals surface area contributed by atoms with E-state index in [2.05, 4.69) is 5.32 Å². The number of benzene rings is 1. The Balaban J connectivity index is 2.02. The second-order valence-electron chi connectivity index (χ2n) is 6.87. The van der Waals surface area contributed by atoms with Crippen LogP contribution in [0.2, 0.25) is 0 Å².